The third kappa shape index (κ3) is 3.66. The molecule has 1 aliphatic carbocycles. The van der Waals surface area contributed by atoms with Crippen LogP contribution in [0, 0.1) is 5.41 Å². The quantitative estimate of drug-likeness (QED) is 0.894. The molecule has 1 aromatic heterocycles. The van der Waals surface area contributed by atoms with Gasteiger partial charge >= 0.3 is 0 Å². The first-order chi connectivity index (χ1) is 10.5. The standard InChI is InChI=1S/C16H27N5O/c1-16(2)7-3-12(4-8-16)18-15(22)14-11-21(20-19-14)13-5-9-17-10-6-13/h11-13,17H,3-10H2,1-2H3,(H,18,22). The fraction of sp³-hybridized carbons (Fsp3) is 0.812. The molecular weight excluding hydrogens is 278 g/mol. The van der Waals surface area contributed by atoms with Crippen LogP contribution in [0.25, 0.3) is 0 Å². The number of rotatable bonds is 3. The largest absolute Gasteiger partial charge is 0.348 e. The van der Waals surface area contributed by atoms with Crippen molar-refractivity contribution in [1.82, 2.24) is 25.6 Å². The molecule has 0 radical (unpaired) electrons. The molecule has 1 aromatic rings. The lowest BCUT2D eigenvalue weighted by Gasteiger charge is -2.34. The molecule has 6 heteroatoms. The molecule has 0 spiro atoms. The lowest BCUT2D eigenvalue weighted by molar-refractivity contribution is 0.0904. The van der Waals surface area contributed by atoms with E-state index in [1.807, 2.05) is 4.68 Å². The van der Waals surface area contributed by atoms with E-state index in [9.17, 15) is 4.79 Å². The highest BCUT2D eigenvalue weighted by atomic mass is 16.2. The van der Waals surface area contributed by atoms with Crippen LogP contribution in [0.1, 0.15) is 68.9 Å². The Morgan fingerprint density at radius 2 is 1.95 bits per heavy atom. The SMILES string of the molecule is CC1(C)CCC(NC(=O)c2cn(C3CCNCC3)nn2)CC1. The first-order valence-corrected chi connectivity index (χ1v) is 8.47. The summed E-state index contributed by atoms with van der Waals surface area (Å²) in [6.45, 7) is 6.61. The minimum Gasteiger partial charge on any atom is -0.348 e. The van der Waals surface area contributed by atoms with Gasteiger partial charge in [-0.2, -0.15) is 0 Å². The molecule has 2 heterocycles. The molecule has 1 amide bonds. The molecule has 1 aliphatic heterocycles. The van der Waals surface area contributed by atoms with Gasteiger partial charge in [0.05, 0.1) is 12.2 Å². The second-order valence-electron chi connectivity index (χ2n) is 7.48. The Labute approximate surface area is 132 Å². The predicted molar refractivity (Wildman–Crippen MR) is 84.7 cm³/mol. The zero-order valence-electron chi connectivity index (χ0n) is 13.6. The van der Waals surface area contributed by atoms with Crippen molar-refractivity contribution in [3.8, 4) is 0 Å². The summed E-state index contributed by atoms with van der Waals surface area (Å²) in [4.78, 5) is 12.3. The first-order valence-electron chi connectivity index (χ1n) is 8.47. The molecule has 0 aromatic carbocycles. The molecule has 1 saturated heterocycles. The van der Waals surface area contributed by atoms with Gasteiger partial charge in [-0.15, -0.1) is 5.10 Å². The van der Waals surface area contributed by atoms with Crippen LogP contribution in [0.2, 0.25) is 0 Å². The molecule has 2 aliphatic rings. The van der Waals surface area contributed by atoms with Gasteiger partial charge in [-0.05, 0) is 57.0 Å². The van der Waals surface area contributed by atoms with Crippen LogP contribution in [0.5, 0.6) is 0 Å². The minimum absolute atomic E-state index is 0.0788. The fourth-order valence-electron chi connectivity index (χ4n) is 3.43. The normalized spacial score (nSPS) is 23.4. The summed E-state index contributed by atoms with van der Waals surface area (Å²) >= 11 is 0. The number of nitrogens with one attached hydrogen (secondary N) is 2. The van der Waals surface area contributed by atoms with Crippen molar-refractivity contribution in [3.05, 3.63) is 11.9 Å². The van der Waals surface area contributed by atoms with Crippen LogP contribution in [0.4, 0.5) is 0 Å². The Hall–Kier alpha value is -1.43. The van der Waals surface area contributed by atoms with Crippen molar-refractivity contribution in [2.45, 2.75) is 64.5 Å². The summed E-state index contributed by atoms with van der Waals surface area (Å²) < 4.78 is 1.86. The van der Waals surface area contributed by atoms with E-state index < -0.39 is 0 Å². The van der Waals surface area contributed by atoms with E-state index in [2.05, 4.69) is 34.8 Å². The van der Waals surface area contributed by atoms with Gasteiger partial charge in [-0.3, -0.25) is 4.79 Å². The van der Waals surface area contributed by atoms with Gasteiger partial charge in [-0.1, -0.05) is 19.1 Å². The molecule has 0 unspecified atom stereocenters. The number of carbonyl (C=O) groups excluding carboxylic acids is 1. The average Bonchev–Trinajstić information content (AvgIpc) is 3.00. The van der Waals surface area contributed by atoms with Gasteiger partial charge in [0.2, 0.25) is 0 Å². The van der Waals surface area contributed by atoms with Crippen LogP contribution in [0.15, 0.2) is 6.20 Å². The Kier molecular flexibility index (Phi) is 4.47. The van der Waals surface area contributed by atoms with Crippen LogP contribution >= 0.6 is 0 Å². The van der Waals surface area contributed by atoms with Crippen molar-refractivity contribution in [2.75, 3.05) is 13.1 Å². The summed E-state index contributed by atoms with van der Waals surface area (Å²) in [5.74, 6) is -0.0788. The molecule has 22 heavy (non-hydrogen) atoms. The van der Waals surface area contributed by atoms with E-state index >= 15 is 0 Å². The second-order valence-corrected chi connectivity index (χ2v) is 7.48. The molecule has 3 rings (SSSR count). The molecular formula is C16H27N5O. The third-order valence-electron chi connectivity index (χ3n) is 5.10. The highest BCUT2D eigenvalue weighted by molar-refractivity contribution is 5.92. The number of hydrogen-bond acceptors (Lipinski definition) is 4. The lowest BCUT2D eigenvalue weighted by atomic mass is 9.75. The van der Waals surface area contributed by atoms with Crippen molar-refractivity contribution < 1.29 is 4.79 Å². The van der Waals surface area contributed by atoms with Crippen LogP contribution in [-0.2, 0) is 0 Å². The molecule has 1 saturated carbocycles. The zero-order valence-corrected chi connectivity index (χ0v) is 13.6. The van der Waals surface area contributed by atoms with Crippen LogP contribution < -0.4 is 10.6 Å². The Bertz CT molecular complexity index is 508. The Morgan fingerprint density at radius 3 is 2.64 bits per heavy atom. The number of nitrogens with zero attached hydrogens (tertiary/aromatic N) is 3. The fourth-order valence-corrected chi connectivity index (χ4v) is 3.43. The zero-order chi connectivity index (χ0) is 15.6. The minimum atomic E-state index is -0.0788. The number of hydrogen-bond donors (Lipinski definition) is 2. The topological polar surface area (TPSA) is 71.8 Å². The molecule has 0 atom stereocenters. The highest BCUT2D eigenvalue weighted by Gasteiger charge is 2.28. The average molecular weight is 305 g/mol. The van der Waals surface area contributed by atoms with Gasteiger partial charge in [0, 0.05) is 6.04 Å². The number of amides is 1. The van der Waals surface area contributed by atoms with Crippen molar-refractivity contribution in [1.29, 1.82) is 0 Å². The summed E-state index contributed by atoms with van der Waals surface area (Å²) in [7, 11) is 0. The maximum absolute atomic E-state index is 12.3. The van der Waals surface area contributed by atoms with E-state index in [0.29, 0.717) is 17.2 Å². The monoisotopic (exact) mass is 305 g/mol. The molecule has 2 fully saturated rings. The van der Waals surface area contributed by atoms with E-state index in [4.69, 9.17) is 0 Å². The smallest absolute Gasteiger partial charge is 0.273 e. The first kappa shape index (κ1) is 15.5. The Morgan fingerprint density at radius 1 is 1.27 bits per heavy atom. The van der Waals surface area contributed by atoms with Crippen molar-refractivity contribution in [3.63, 3.8) is 0 Å². The molecule has 2 N–H and O–H groups in total. The maximum atomic E-state index is 12.3. The van der Waals surface area contributed by atoms with Gasteiger partial charge in [-0.25, -0.2) is 4.68 Å². The van der Waals surface area contributed by atoms with E-state index in [1.165, 1.54) is 12.8 Å². The predicted octanol–water partition coefficient (Wildman–Crippen LogP) is 1.90. The maximum Gasteiger partial charge on any atom is 0.273 e. The van der Waals surface area contributed by atoms with Gasteiger partial charge in [0.1, 0.15) is 0 Å². The number of piperidine rings is 1. The summed E-state index contributed by atoms with van der Waals surface area (Å²) in [6.07, 6.45) is 8.34. The van der Waals surface area contributed by atoms with Crippen molar-refractivity contribution in [2.24, 2.45) is 5.41 Å². The third-order valence-corrected chi connectivity index (χ3v) is 5.10. The van der Waals surface area contributed by atoms with Crippen molar-refractivity contribution >= 4 is 5.91 Å². The van der Waals surface area contributed by atoms with E-state index in [-0.39, 0.29) is 11.9 Å². The van der Waals surface area contributed by atoms with E-state index in [0.717, 1.165) is 38.8 Å². The molecule has 0 bridgehead atoms. The summed E-state index contributed by atoms with van der Waals surface area (Å²) in [6, 6.07) is 0.648. The molecule has 6 nitrogen and oxygen atoms in total. The van der Waals surface area contributed by atoms with Crippen LogP contribution in [0.3, 0.4) is 0 Å². The second kappa shape index (κ2) is 6.36. The van der Waals surface area contributed by atoms with Gasteiger partial charge in [0.15, 0.2) is 5.69 Å². The highest BCUT2D eigenvalue weighted by Crippen LogP contribution is 2.35. The summed E-state index contributed by atoms with van der Waals surface area (Å²) in [5, 5.41) is 14.7. The van der Waals surface area contributed by atoms with E-state index in [1.54, 1.807) is 6.20 Å². The molecule has 122 valence electrons. The summed E-state index contributed by atoms with van der Waals surface area (Å²) in [5.41, 5.74) is 0.864. The van der Waals surface area contributed by atoms with Gasteiger partial charge < -0.3 is 10.6 Å². The number of carbonyl (C=O) groups is 1. The van der Waals surface area contributed by atoms with Crippen LogP contribution in [-0.4, -0.2) is 40.0 Å². The number of aromatic nitrogens is 3. The Balaban J connectivity index is 1.55. The lowest BCUT2D eigenvalue weighted by Crippen LogP contribution is -2.39. The van der Waals surface area contributed by atoms with Gasteiger partial charge in [0.25, 0.3) is 5.91 Å².